The van der Waals surface area contributed by atoms with E-state index in [4.69, 9.17) is 4.74 Å². The van der Waals surface area contributed by atoms with E-state index in [1.165, 1.54) is 19.4 Å². The molecule has 1 amide bonds. The lowest BCUT2D eigenvalue weighted by atomic mass is 10.0. The zero-order valence-electron chi connectivity index (χ0n) is 17.9. The van der Waals surface area contributed by atoms with Gasteiger partial charge in [0, 0.05) is 54.0 Å². The predicted molar refractivity (Wildman–Crippen MR) is 120 cm³/mol. The maximum Gasteiger partial charge on any atom is 0.296 e. The van der Waals surface area contributed by atoms with Gasteiger partial charge in [-0.1, -0.05) is 6.07 Å². The number of amides is 1. The number of fused-ring (bicyclic) bond motifs is 1. The topological polar surface area (TPSA) is 106 Å². The molecular formula is C24H22N4O4. The number of methoxy groups -OCH3 is 1. The molecule has 4 rings (SSSR count). The molecule has 0 radical (unpaired) electrons. The lowest BCUT2D eigenvalue weighted by Gasteiger charge is -2.09. The van der Waals surface area contributed by atoms with Gasteiger partial charge in [0.15, 0.2) is 0 Å². The molecule has 162 valence electrons. The molecule has 8 nitrogen and oxygen atoms in total. The van der Waals surface area contributed by atoms with Gasteiger partial charge in [0.05, 0.1) is 18.2 Å². The molecule has 0 bridgehead atoms. The molecule has 32 heavy (non-hydrogen) atoms. The van der Waals surface area contributed by atoms with Gasteiger partial charge in [0.25, 0.3) is 11.7 Å². The summed E-state index contributed by atoms with van der Waals surface area (Å²) >= 11 is 0. The molecule has 0 aliphatic carbocycles. The van der Waals surface area contributed by atoms with Crippen molar-refractivity contribution in [3.63, 3.8) is 0 Å². The van der Waals surface area contributed by atoms with Gasteiger partial charge in [-0.05, 0) is 43.2 Å². The van der Waals surface area contributed by atoms with Crippen LogP contribution >= 0.6 is 0 Å². The first-order valence-corrected chi connectivity index (χ1v) is 9.96. The van der Waals surface area contributed by atoms with Crippen molar-refractivity contribution in [2.45, 2.75) is 20.4 Å². The quantitative estimate of drug-likeness (QED) is 0.357. The van der Waals surface area contributed by atoms with Crippen molar-refractivity contribution in [3.05, 3.63) is 77.4 Å². The van der Waals surface area contributed by atoms with E-state index in [1.807, 2.05) is 16.7 Å². The number of carbonyl (C=O) groups excluding carboxylic acids is 2. The van der Waals surface area contributed by atoms with E-state index in [2.05, 4.69) is 15.3 Å². The van der Waals surface area contributed by atoms with Crippen molar-refractivity contribution in [1.29, 1.82) is 0 Å². The van der Waals surface area contributed by atoms with Gasteiger partial charge in [-0.15, -0.1) is 0 Å². The van der Waals surface area contributed by atoms with Gasteiger partial charge in [-0.3, -0.25) is 14.6 Å². The summed E-state index contributed by atoms with van der Waals surface area (Å²) in [7, 11) is 1.47. The molecule has 0 spiro atoms. The highest BCUT2D eigenvalue weighted by molar-refractivity contribution is 6.48. The van der Waals surface area contributed by atoms with Crippen molar-refractivity contribution in [2.75, 3.05) is 12.4 Å². The van der Waals surface area contributed by atoms with Crippen LogP contribution < -0.4 is 10.1 Å². The molecule has 8 heteroatoms. The normalized spacial score (nSPS) is 10.8. The molecule has 4 aromatic rings. The Morgan fingerprint density at radius 2 is 1.97 bits per heavy atom. The predicted octanol–water partition coefficient (Wildman–Crippen LogP) is 3.63. The zero-order chi connectivity index (χ0) is 22.8. The number of hydrogen-bond acceptors (Lipinski definition) is 6. The van der Waals surface area contributed by atoms with Crippen molar-refractivity contribution < 1.29 is 19.4 Å². The lowest BCUT2D eigenvalue weighted by molar-refractivity contribution is -0.112. The number of nitrogens with zero attached hydrogens (tertiary/aromatic N) is 3. The van der Waals surface area contributed by atoms with Crippen molar-refractivity contribution in [1.82, 2.24) is 14.5 Å². The Balaban J connectivity index is 1.77. The molecule has 0 fully saturated rings. The number of Topliss-reactive ketones (excluding diaryl/α,β-unsaturated/α-hetero) is 1. The summed E-state index contributed by atoms with van der Waals surface area (Å²) in [6.07, 6.45) is 4.91. The Morgan fingerprint density at radius 1 is 1.16 bits per heavy atom. The number of benzene rings is 1. The SMILES string of the molecule is COc1cc(NC(=O)C(=O)c2c(C)n(Cc3cccnc3)c3cc(O)c(C)cc23)ccn1. The Hall–Kier alpha value is -4.20. The average Bonchev–Trinajstić information content (AvgIpc) is 3.04. The van der Waals surface area contributed by atoms with Crippen LogP contribution in [0.5, 0.6) is 11.6 Å². The second-order valence-corrected chi connectivity index (χ2v) is 7.43. The number of phenolic OH excluding ortho intramolecular Hbond substituents is 1. The summed E-state index contributed by atoms with van der Waals surface area (Å²) in [6, 6.07) is 10.2. The molecule has 0 aliphatic rings. The van der Waals surface area contributed by atoms with Gasteiger partial charge in [0.1, 0.15) is 5.75 Å². The Labute approximate surface area is 184 Å². The van der Waals surface area contributed by atoms with Crippen LogP contribution in [0.2, 0.25) is 0 Å². The molecule has 0 saturated carbocycles. The summed E-state index contributed by atoms with van der Waals surface area (Å²) in [5, 5.41) is 13.5. The van der Waals surface area contributed by atoms with Crippen LogP contribution in [0.4, 0.5) is 5.69 Å². The summed E-state index contributed by atoms with van der Waals surface area (Å²) in [6.45, 7) is 3.98. The third-order valence-electron chi connectivity index (χ3n) is 5.34. The second kappa shape index (κ2) is 8.50. The van der Waals surface area contributed by atoms with Gasteiger partial charge < -0.3 is 19.7 Å². The minimum Gasteiger partial charge on any atom is -0.508 e. The van der Waals surface area contributed by atoms with E-state index in [0.29, 0.717) is 45.8 Å². The number of aryl methyl sites for hydroxylation is 1. The smallest absolute Gasteiger partial charge is 0.296 e. The lowest BCUT2D eigenvalue weighted by Crippen LogP contribution is -2.23. The summed E-state index contributed by atoms with van der Waals surface area (Å²) in [5.74, 6) is -0.994. The zero-order valence-corrected chi connectivity index (χ0v) is 17.9. The molecule has 0 unspecified atom stereocenters. The number of rotatable bonds is 6. The third kappa shape index (κ3) is 3.90. The number of carbonyl (C=O) groups is 2. The van der Waals surface area contributed by atoms with E-state index in [1.54, 1.807) is 44.4 Å². The second-order valence-electron chi connectivity index (χ2n) is 7.43. The van der Waals surface area contributed by atoms with E-state index < -0.39 is 11.7 Å². The largest absolute Gasteiger partial charge is 0.508 e. The van der Waals surface area contributed by atoms with Crippen molar-refractivity contribution in [3.8, 4) is 11.6 Å². The highest BCUT2D eigenvalue weighted by Crippen LogP contribution is 2.32. The van der Waals surface area contributed by atoms with Crippen LogP contribution in [0.3, 0.4) is 0 Å². The van der Waals surface area contributed by atoms with Crippen LogP contribution in [0, 0.1) is 13.8 Å². The number of hydrogen-bond donors (Lipinski definition) is 2. The Morgan fingerprint density at radius 3 is 2.69 bits per heavy atom. The number of aromatic hydroxyl groups is 1. The highest BCUT2D eigenvalue weighted by atomic mass is 16.5. The van der Waals surface area contributed by atoms with Gasteiger partial charge in [0.2, 0.25) is 5.88 Å². The monoisotopic (exact) mass is 430 g/mol. The number of nitrogens with one attached hydrogen (secondary N) is 1. The van der Waals surface area contributed by atoms with Crippen LogP contribution in [0.25, 0.3) is 10.9 Å². The summed E-state index contributed by atoms with van der Waals surface area (Å²) in [4.78, 5) is 34.2. The fourth-order valence-electron chi connectivity index (χ4n) is 3.68. The molecule has 1 aromatic carbocycles. The molecular weight excluding hydrogens is 408 g/mol. The number of pyridine rings is 2. The fourth-order valence-corrected chi connectivity index (χ4v) is 3.68. The van der Waals surface area contributed by atoms with E-state index >= 15 is 0 Å². The van der Waals surface area contributed by atoms with E-state index in [-0.39, 0.29) is 5.75 Å². The standard InChI is InChI=1S/C24H22N4O4/c1-14-9-18-19(11-20(14)29)28(13-16-5-4-7-25-12-16)15(2)22(18)23(30)24(31)27-17-6-8-26-21(10-17)32-3/h4-12,29H,13H2,1-3H3,(H,26,27,31). The first-order valence-electron chi connectivity index (χ1n) is 9.96. The first kappa shape index (κ1) is 21.0. The Kier molecular flexibility index (Phi) is 5.59. The van der Waals surface area contributed by atoms with E-state index in [9.17, 15) is 14.7 Å². The van der Waals surface area contributed by atoms with Crippen molar-refractivity contribution in [2.24, 2.45) is 0 Å². The van der Waals surface area contributed by atoms with Crippen LogP contribution in [0.1, 0.15) is 27.2 Å². The third-order valence-corrected chi connectivity index (χ3v) is 5.34. The number of ketones is 1. The molecule has 3 aromatic heterocycles. The number of aromatic nitrogens is 3. The van der Waals surface area contributed by atoms with E-state index in [0.717, 1.165) is 5.56 Å². The summed E-state index contributed by atoms with van der Waals surface area (Å²) in [5.41, 5.74) is 3.54. The minimum absolute atomic E-state index is 0.120. The average molecular weight is 430 g/mol. The maximum atomic E-state index is 13.3. The molecule has 0 aliphatic heterocycles. The van der Waals surface area contributed by atoms with Crippen LogP contribution in [-0.4, -0.2) is 38.4 Å². The van der Waals surface area contributed by atoms with Gasteiger partial charge in [-0.2, -0.15) is 0 Å². The highest BCUT2D eigenvalue weighted by Gasteiger charge is 2.26. The van der Waals surface area contributed by atoms with Crippen molar-refractivity contribution >= 4 is 28.3 Å². The number of anilines is 1. The molecule has 2 N–H and O–H groups in total. The van der Waals surface area contributed by atoms with Gasteiger partial charge in [-0.25, -0.2) is 4.98 Å². The first-order chi connectivity index (χ1) is 15.4. The van der Waals surface area contributed by atoms with Crippen LogP contribution in [0.15, 0.2) is 55.0 Å². The number of phenols is 1. The van der Waals surface area contributed by atoms with Crippen LogP contribution in [-0.2, 0) is 11.3 Å². The number of ether oxygens (including phenoxy) is 1. The Bertz CT molecular complexity index is 1330. The minimum atomic E-state index is -0.771. The molecule has 3 heterocycles. The summed E-state index contributed by atoms with van der Waals surface area (Å²) < 4.78 is 6.97. The molecule has 0 atom stereocenters. The fraction of sp³-hybridized carbons (Fsp3) is 0.167. The molecule has 0 saturated heterocycles. The van der Waals surface area contributed by atoms with Gasteiger partial charge >= 0.3 is 0 Å². The maximum absolute atomic E-state index is 13.3.